The van der Waals surface area contributed by atoms with Crippen molar-refractivity contribution in [3.05, 3.63) is 52.4 Å². The summed E-state index contributed by atoms with van der Waals surface area (Å²) in [7, 11) is -2.29. The molecule has 0 aromatic heterocycles. The van der Waals surface area contributed by atoms with Crippen molar-refractivity contribution >= 4 is 44.8 Å². The highest BCUT2D eigenvalue weighted by molar-refractivity contribution is 7.95. The van der Waals surface area contributed by atoms with Crippen molar-refractivity contribution in [1.29, 1.82) is 0 Å². The van der Waals surface area contributed by atoms with E-state index < -0.39 is 10.0 Å². The van der Waals surface area contributed by atoms with Gasteiger partial charge in [-0.1, -0.05) is 11.6 Å². The van der Waals surface area contributed by atoms with Crippen LogP contribution in [0.1, 0.15) is 5.56 Å². The lowest BCUT2D eigenvalue weighted by Crippen LogP contribution is -2.10. The predicted octanol–water partition coefficient (Wildman–Crippen LogP) is 2.93. The molecule has 0 aliphatic heterocycles. The first-order valence-electron chi connectivity index (χ1n) is 6.50. The molecule has 8 heteroatoms. The Morgan fingerprint density at radius 3 is 2.61 bits per heavy atom. The maximum absolute atomic E-state index is 12.1. The number of nitrogens with one attached hydrogen (secondary N) is 1. The number of anilines is 3. The average Bonchev–Trinajstić information content (AvgIpc) is 2.49. The molecule has 2 rings (SSSR count). The second-order valence-corrected chi connectivity index (χ2v) is 6.69. The summed E-state index contributed by atoms with van der Waals surface area (Å²) in [6.45, 7) is 0. The van der Waals surface area contributed by atoms with Crippen molar-refractivity contribution in [2.75, 3.05) is 23.3 Å². The van der Waals surface area contributed by atoms with Gasteiger partial charge in [-0.05, 0) is 42.5 Å². The van der Waals surface area contributed by atoms with Crippen molar-refractivity contribution in [1.82, 2.24) is 0 Å². The summed E-state index contributed by atoms with van der Waals surface area (Å²) < 4.78 is 31.8. The first kappa shape index (κ1) is 17.0. The highest BCUT2D eigenvalue weighted by Crippen LogP contribution is 2.26. The van der Waals surface area contributed by atoms with Crippen LogP contribution in [0.3, 0.4) is 0 Å². The smallest absolute Gasteiger partial charge is 0.255 e. The third-order valence-electron chi connectivity index (χ3n) is 2.95. The van der Waals surface area contributed by atoms with Crippen molar-refractivity contribution in [2.24, 2.45) is 0 Å². The molecule has 2 aromatic rings. The molecule has 5 N–H and O–H groups in total. The number of nitrogen functional groups attached to an aromatic ring is 2. The third kappa shape index (κ3) is 4.54. The minimum absolute atomic E-state index is 0.220. The molecule has 0 atom stereocenters. The zero-order chi connectivity index (χ0) is 17.0. The van der Waals surface area contributed by atoms with E-state index >= 15 is 0 Å². The zero-order valence-corrected chi connectivity index (χ0v) is 13.9. The van der Waals surface area contributed by atoms with Crippen LogP contribution in [0.5, 0.6) is 5.75 Å². The van der Waals surface area contributed by atoms with E-state index in [9.17, 15) is 8.42 Å². The first-order valence-corrected chi connectivity index (χ1v) is 8.42. The monoisotopic (exact) mass is 353 g/mol. The Kier molecular flexibility index (Phi) is 5.02. The van der Waals surface area contributed by atoms with Crippen LogP contribution in [-0.2, 0) is 10.0 Å². The van der Waals surface area contributed by atoms with E-state index in [-0.39, 0.29) is 11.4 Å². The Morgan fingerprint density at radius 1 is 1.17 bits per heavy atom. The maximum Gasteiger partial charge on any atom is 0.255 e. The van der Waals surface area contributed by atoms with Gasteiger partial charge >= 0.3 is 0 Å². The Morgan fingerprint density at radius 2 is 1.91 bits per heavy atom. The largest absolute Gasteiger partial charge is 0.496 e. The first-order chi connectivity index (χ1) is 10.8. The van der Waals surface area contributed by atoms with Gasteiger partial charge in [-0.2, -0.15) is 0 Å². The summed E-state index contributed by atoms with van der Waals surface area (Å²) in [6.07, 6.45) is 1.40. The molecular weight excluding hydrogens is 338 g/mol. The molecule has 122 valence electrons. The molecule has 0 aliphatic rings. The Labute approximate surface area is 139 Å². The SMILES string of the molecule is COc1cc(Cl)ccc1/C=C/S(=O)(=O)Nc1cc(N)ccc1N. The topological polar surface area (TPSA) is 107 Å². The van der Waals surface area contributed by atoms with E-state index in [0.717, 1.165) is 5.41 Å². The fourth-order valence-electron chi connectivity index (χ4n) is 1.84. The zero-order valence-electron chi connectivity index (χ0n) is 12.3. The number of methoxy groups -OCH3 is 1. The number of hydrogen-bond acceptors (Lipinski definition) is 5. The fourth-order valence-corrected chi connectivity index (χ4v) is 2.87. The second kappa shape index (κ2) is 6.80. The third-order valence-corrected chi connectivity index (χ3v) is 4.19. The average molecular weight is 354 g/mol. The maximum atomic E-state index is 12.1. The molecule has 0 amide bonds. The van der Waals surface area contributed by atoms with Gasteiger partial charge in [-0.15, -0.1) is 0 Å². The molecule has 0 saturated heterocycles. The van der Waals surface area contributed by atoms with Gasteiger partial charge < -0.3 is 16.2 Å². The van der Waals surface area contributed by atoms with E-state index in [4.69, 9.17) is 27.8 Å². The summed E-state index contributed by atoms with van der Waals surface area (Å²) in [4.78, 5) is 0. The molecule has 2 aromatic carbocycles. The van der Waals surface area contributed by atoms with Gasteiger partial charge in [0.05, 0.1) is 23.9 Å². The van der Waals surface area contributed by atoms with Gasteiger partial charge in [0.2, 0.25) is 0 Å². The van der Waals surface area contributed by atoms with E-state index in [1.165, 1.54) is 25.3 Å². The normalized spacial score (nSPS) is 11.6. The number of benzene rings is 2. The van der Waals surface area contributed by atoms with Gasteiger partial charge in [-0.25, -0.2) is 8.42 Å². The van der Waals surface area contributed by atoms with E-state index in [2.05, 4.69) is 4.72 Å². The lowest BCUT2D eigenvalue weighted by molar-refractivity contribution is 0.414. The molecule has 0 aliphatic carbocycles. The number of halogens is 1. The number of ether oxygens (including phenoxy) is 1. The van der Waals surface area contributed by atoms with E-state index in [0.29, 0.717) is 22.0 Å². The van der Waals surface area contributed by atoms with E-state index in [1.807, 2.05) is 0 Å². The van der Waals surface area contributed by atoms with Gasteiger partial charge in [0.15, 0.2) is 0 Å². The van der Waals surface area contributed by atoms with Crippen LogP contribution in [0, 0.1) is 0 Å². The minimum atomic E-state index is -3.76. The summed E-state index contributed by atoms with van der Waals surface area (Å²) in [5.74, 6) is 0.465. The van der Waals surface area contributed by atoms with Crippen molar-refractivity contribution in [3.8, 4) is 5.75 Å². The van der Waals surface area contributed by atoms with Crippen LogP contribution in [0.15, 0.2) is 41.8 Å². The Bertz CT molecular complexity index is 851. The number of nitrogens with two attached hydrogens (primary N) is 2. The Balaban J connectivity index is 2.26. The van der Waals surface area contributed by atoms with Crippen molar-refractivity contribution < 1.29 is 13.2 Å². The fraction of sp³-hybridized carbons (Fsp3) is 0.0667. The Hall–Kier alpha value is -2.38. The van der Waals surface area contributed by atoms with Crippen LogP contribution in [0.25, 0.3) is 6.08 Å². The van der Waals surface area contributed by atoms with Crippen LogP contribution < -0.4 is 20.9 Å². The molecule has 0 heterocycles. The van der Waals surface area contributed by atoms with Gasteiger partial charge in [0.25, 0.3) is 10.0 Å². The molecule has 0 fully saturated rings. The van der Waals surface area contributed by atoms with Crippen molar-refractivity contribution in [3.63, 3.8) is 0 Å². The molecule has 0 radical (unpaired) electrons. The number of hydrogen-bond donors (Lipinski definition) is 3. The molecular formula is C15H16ClN3O3S. The summed E-state index contributed by atoms with van der Waals surface area (Å²) in [5.41, 5.74) is 12.8. The number of rotatable bonds is 5. The summed E-state index contributed by atoms with van der Waals surface area (Å²) >= 11 is 5.86. The molecule has 0 saturated carbocycles. The highest BCUT2D eigenvalue weighted by Gasteiger charge is 2.10. The second-order valence-electron chi connectivity index (χ2n) is 4.68. The molecule has 0 spiro atoms. The lowest BCUT2D eigenvalue weighted by atomic mass is 10.2. The molecule has 0 bridgehead atoms. The van der Waals surface area contributed by atoms with Crippen LogP contribution in [-0.4, -0.2) is 15.5 Å². The molecule has 23 heavy (non-hydrogen) atoms. The summed E-state index contributed by atoms with van der Waals surface area (Å²) in [5, 5.41) is 1.51. The van der Waals surface area contributed by atoms with Gasteiger partial charge in [0, 0.05) is 16.3 Å². The van der Waals surface area contributed by atoms with Gasteiger partial charge in [-0.3, -0.25) is 4.72 Å². The standard InChI is InChI=1S/C15H16ClN3O3S/c1-22-15-8-11(16)3-2-10(15)6-7-23(20,21)19-14-9-12(17)4-5-13(14)18/h2-9,19H,17-18H2,1H3/b7-6+. The van der Waals surface area contributed by atoms with Crippen LogP contribution in [0.2, 0.25) is 5.02 Å². The van der Waals surface area contributed by atoms with E-state index in [1.54, 1.807) is 24.3 Å². The van der Waals surface area contributed by atoms with Crippen LogP contribution in [0.4, 0.5) is 17.1 Å². The van der Waals surface area contributed by atoms with Crippen molar-refractivity contribution in [2.45, 2.75) is 0 Å². The highest BCUT2D eigenvalue weighted by atomic mass is 35.5. The summed E-state index contributed by atoms with van der Waals surface area (Å²) in [6, 6.07) is 9.45. The predicted molar refractivity (Wildman–Crippen MR) is 94.8 cm³/mol. The molecule has 6 nitrogen and oxygen atoms in total. The minimum Gasteiger partial charge on any atom is -0.496 e. The number of sulfonamides is 1. The van der Waals surface area contributed by atoms with Gasteiger partial charge in [0.1, 0.15) is 5.75 Å². The lowest BCUT2D eigenvalue weighted by Gasteiger charge is -2.09. The van der Waals surface area contributed by atoms with Crippen LogP contribution >= 0.6 is 11.6 Å². The quantitative estimate of drug-likeness (QED) is 0.716. The molecule has 0 unspecified atom stereocenters.